The van der Waals surface area contributed by atoms with Crippen molar-refractivity contribution >= 4 is 29.9 Å². The summed E-state index contributed by atoms with van der Waals surface area (Å²) in [6.45, 7) is 2.06. The van der Waals surface area contributed by atoms with Gasteiger partial charge in [-0.05, 0) is 24.8 Å². The van der Waals surface area contributed by atoms with Crippen molar-refractivity contribution < 1.29 is 14.3 Å². The number of thiol groups is 1. The highest BCUT2D eigenvalue weighted by atomic mass is 32.1. The number of thiophene rings is 1. The Hall–Kier alpha value is -0.520. The molecule has 16 heavy (non-hydrogen) atoms. The number of hydrogen-bond donors (Lipinski definition) is 1. The Morgan fingerprint density at radius 1 is 1.56 bits per heavy atom. The van der Waals surface area contributed by atoms with Crippen LogP contribution in [-0.4, -0.2) is 25.8 Å². The summed E-state index contributed by atoms with van der Waals surface area (Å²) in [5, 5.41) is 1.83. The molecule has 1 aromatic rings. The first kappa shape index (κ1) is 12.0. The predicted octanol–water partition coefficient (Wildman–Crippen LogP) is 2.62. The van der Waals surface area contributed by atoms with E-state index in [0.717, 1.165) is 31.0 Å². The molecule has 1 saturated heterocycles. The molecule has 0 bridgehead atoms. The highest BCUT2D eigenvalue weighted by Gasteiger charge is 2.17. The highest BCUT2D eigenvalue weighted by molar-refractivity contribution is 7.80. The van der Waals surface area contributed by atoms with Crippen molar-refractivity contribution in [3.8, 4) is 0 Å². The van der Waals surface area contributed by atoms with Crippen molar-refractivity contribution in [1.29, 1.82) is 0 Å². The summed E-state index contributed by atoms with van der Waals surface area (Å²) in [5.41, 5.74) is 0. The summed E-state index contributed by atoms with van der Waals surface area (Å²) in [5.74, 6) is 0.213. The zero-order valence-corrected chi connectivity index (χ0v) is 10.6. The van der Waals surface area contributed by atoms with Crippen molar-refractivity contribution in [2.45, 2.75) is 17.7 Å². The van der Waals surface area contributed by atoms with Crippen molar-refractivity contribution in [1.82, 2.24) is 0 Å². The lowest BCUT2D eigenvalue weighted by molar-refractivity contribution is 0.0189. The second-order valence-electron chi connectivity index (χ2n) is 3.82. The fourth-order valence-electron chi connectivity index (χ4n) is 1.61. The van der Waals surface area contributed by atoms with Crippen LogP contribution in [0.3, 0.4) is 0 Å². The van der Waals surface area contributed by atoms with E-state index in [4.69, 9.17) is 9.47 Å². The summed E-state index contributed by atoms with van der Waals surface area (Å²) in [6, 6.07) is 1.74. The molecule has 0 aromatic carbocycles. The normalized spacial score (nSPS) is 17.3. The molecule has 5 heteroatoms. The molecule has 1 fully saturated rings. The van der Waals surface area contributed by atoms with E-state index in [0.29, 0.717) is 17.4 Å². The third kappa shape index (κ3) is 3.23. The van der Waals surface area contributed by atoms with Gasteiger partial charge in [-0.25, -0.2) is 4.79 Å². The van der Waals surface area contributed by atoms with Gasteiger partial charge >= 0.3 is 5.97 Å². The molecule has 0 spiro atoms. The molecule has 0 radical (unpaired) electrons. The van der Waals surface area contributed by atoms with E-state index < -0.39 is 0 Å². The third-order valence-electron chi connectivity index (χ3n) is 2.58. The first-order valence-corrected chi connectivity index (χ1v) is 6.61. The minimum Gasteiger partial charge on any atom is -0.461 e. The Bertz CT molecular complexity index is 356. The van der Waals surface area contributed by atoms with Gasteiger partial charge in [0.25, 0.3) is 0 Å². The maximum Gasteiger partial charge on any atom is 0.348 e. The average Bonchev–Trinajstić information content (AvgIpc) is 2.74. The maximum absolute atomic E-state index is 11.6. The molecule has 0 N–H and O–H groups in total. The molecule has 0 amide bonds. The Morgan fingerprint density at radius 2 is 2.31 bits per heavy atom. The highest BCUT2D eigenvalue weighted by Crippen LogP contribution is 2.20. The van der Waals surface area contributed by atoms with E-state index >= 15 is 0 Å². The topological polar surface area (TPSA) is 35.5 Å². The van der Waals surface area contributed by atoms with Gasteiger partial charge in [0.05, 0.1) is 6.61 Å². The molecule has 0 aliphatic carbocycles. The van der Waals surface area contributed by atoms with Crippen molar-refractivity contribution in [2.75, 3.05) is 19.8 Å². The quantitative estimate of drug-likeness (QED) is 0.668. The largest absolute Gasteiger partial charge is 0.461 e. The molecule has 2 heterocycles. The SMILES string of the molecule is O=C(OCC1CCOCC1)c1cc(S)cs1. The first-order valence-electron chi connectivity index (χ1n) is 5.28. The van der Waals surface area contributed by atoms with Gasteiger partial charge < -0.3 is 9.47 Å². The Kier molecular flexibility index (Phi) is 4.26. The molecule has 88 valence electrons. The van der Waals surface area contributed by atoms with Gasteiger partial charge in [-0.2, -0.15) is 0 Å². The van der Waals surface area contributed by atoms with Crippen LogP contribution in [-0.2, 0) is 9.47 Å². The molecule has 1 aliphatic heterocycles. The lowest BCUT2D eigenvalue weighted by Crippen LogP contribution is -2.21. The van der Waals surface area contributed by atoms with Crippen LogP contribution in [0, 0.1) is 5.92 Å². The smallest absolute Gasteiger partial charge is 0.348 e. The Balaban J connectivity index is 1.79. The number of carbonyl (C=O) groups is 1. The predicted molar refractivity (Wildman–Crippen MR) is 65.4 cm³/mol. The fraction of sp³-hybridized carbons (Fsp3) is 0.545. The van der Waals surface area contributed by atoms with E-state index in [1.807, 2.05) is 5.38 Å². The van der Waals surface area contributed by atoms with Crippen LogP contribution in [0.15, 0.2) is 16.3 Å². The molecule has 0 atom stereocenters. The van der Waals surface area contributed by atoms with Gasteiger partial charge in [0.15, 0.2) is 0 Å². The summed E-state index contributed by atoms with van der Waals surface area (Å²) in [4.78, 5) is 13.1. The van der Waals surface area contributed by atoms with Gasteiger partial charge in [-0.3, -0.25) is 0 Å². The monoisotopic (exact) mass is 258 g/mol. The van der Waals surface area contributed by atoms with Crippen LogP contribution in [0.4, 0.5) is 0 Å². The lowest BCUT2D eigenvalue weighted by atomic mass is 10.0. The van der Waals surface area contributed by atoms with E-state index in [9.17, 15) is 4.79 Å². The molecular formula is C11H14O3S2. The van der Waals surface area contributed by atoms with Gasteiger partial charge in [0, 0.05) is 23.5 Å². The van der Waals surface area contributed by atoms with E-state index in [-0.39, 0.29) is 5.97 Å². The zero-order valence-electron chi connectivity index (χ0n) is 8.85. The third-order valence-corrected chi connectivity index (χ3v) is 3.92. The minimum atomic E-state index is -0.239. The molecule has 3 nitrogen and oxygen atoms in total. The van der Waals surface area contributed by atoms with Crippen LogP contribution < -0.4 is 0 Å². The Labute approximate surface area is 104 Å². The number of rotatable bonds is 3. The van der Waals surface area contributed by atoms with Crippen molar-refractivity contribution in [3.63, 3.8) is 0 Å². The van der Waals surface area contributed by atoms with Crippen molar-refractivity contribution in [2.24, 2.45) is 5.92 Å². The van der Waals surface area contributed by atoms with Crippen LogP contribution in [0.25, 0.3) is 0 Å². The summed E-state index contributed by atoms with van der Waals surface area (Å²) >= 11 is 5.52. The maximum atomic E-state index is 11.6. The van der Waals surface area contributed by atoms with Crippen molar-refractivity contribution in [3.05, 3.63) is 16.3 Å². The van der Waals surface area contributed by atoms with E-state index in [1.165, 1.54) is 11.3 Å². The summed E-state index contributed by atoms with van der Waals surface area (Å²) in [7, 11) is 0. The zero-order chi connectivity index (χ0) is 11.4. The Morgan fingerprint density at radius 3 is 2.94 bits per heavy atom. The van der Waals surface area contributed by atoms with Gasteiger partial charge in [0.1, 0.15) is 4.88 Å². The first-order chi connectivity index (χ1) is 7.75. The summed E-state index contributed by atoms with van der Waals surface area (Å²) < 4.78 is 10.5. The number of esters is 1. The van der Waals surface area contributed by atoms with Gasteiger partial charge in [0.2, 0.25) is 0 Å². The van der Waals surface area contributed by atoms with Crippen LogP contribution in [0.2, 0.25) is 0 Å². The molecule has 0 unspecified atom stereocenters. The van der Waals surface area contributed by atoms with E-state index in [1.54, 1.807) is 6.07 Å². The number of ether oxygens (including phenoxy) is 2. The van der Waals surface area contributed by atoms with Gasteiger partial charge in [-0.1, -0.05) is 0 Å². The number of hydrogen-bond acceptors (Lipinski definition) is 5. The van der Waals surface area contributed by atoms with Crippen LogP contribution in [0.1, 0.15) is 22.5 Å². The molecule has 1 aromatic heterocycles. The average molecular weight is 258 g/mol. The molecule has 1 aliphatic rings. The molecule has 2 rings (SSSR count). The minimum absolute atomic E-state index is 0.239. The number of carbonyl (C=O) groups excluding carboxylic acids is 1. The lowest BCUT2D eigenvalue weighted by Gasteiger charge is -2.21. The molecular weight excluding hydrogens is 244 g/mol. The van der Waals surface area contributed by atoms with E-state index in [2.05, 4.69) is 12.6 Å². The second-order valence-corrected chi connectivity index (χ2v) is 5.25. The molecule has 0 saturated carbocycles. The standard InChI is InChI=1S/C11H14O3S2/c12-11(10-5-9(15)7-16-10)14-6-8-1-3-13-4-2-8/h5,7-8,15H,1-4,6H2. The van der Waals surface area contributed by atoms with Gasteiger partial charge in [-0.15, -0.1) is 24.0 Å². The van der Waals surface area contributed by atoms with Crippen LogP contribution in [0.5, 0.6) is 0 Å². The second kappa shape index (κ2) is 5.70. The summed E-state index contributed by atoms with van der Waals surface area (Å²) in [6.07, 6.45) is 1.96. The van der Waals surface area contributed by atoms with Crippen LogP contribution >= 0.6 is 24.0 Å². The fourth-order valence-corrected chi connectivity index (χ4v) is 2.65.